The summed E-state index contributed by atoms with van der Waals surface area (Å²) in [6.07, 6.45) is 2.97. The van der Waals surface area contributed by atoms with E-state index in [1.165, 1.54) is 78.4 Å². The molecule has 1 aliphatic carbocycles. The van der Waals surface area contributed by atoms with Gasteiger partial charge in [0, 0.05) is 35.6 Å². The van der Waals surface area contributed by atoms with Gasteiger partial charge < -0.3 is 10.6 Å². The molecule has 0 bridgehead atoms. The highest BCUT2D eigenvalue weighted by molar-refractivity contribution is 5.86. The lowest BCUT2D eigenvalue weighted by molar-refractivity contribution is 0.589. The van der Waals surface area contributed by atoms with Gasteiger partial charge in [0.15, 0.2) is 0 Å². The van der Waals surface area contributed by atoms with E-state index in [-0.39, 0.29) is 10.8 Å². The SMILES string of the molecule is CC(C)(C)c1ccc2c(c1)Cc1cc3c(cc1N2)Cc1cc2c(cc1-3)Cc1ccc(C(C)(C)C)cc1N2. The largest absolute Gasteiger partial charge is 0.355 e. The van der Waals surface area contributed by atoms with E-state index in [1.807, 2.05) is 0 Å². The van der Waals surface area contributed by atoms with E-state index < -0.39 is 0 Å². The van der Waals surface area contributed by atoms with Gasteiger partial charge in [0.1, 0.15) is 0 Å². The molecule has 186 valence electrons. The third kappa shape index (κ3) is 3.69. The van der Waals surface area contributed by atoms with Crippen LogP contribution in [0.5, 0.6) is 0 Å². The Bertz CT molecular complexity index is 1610. The molecule has 7 rings (SSSR count). The fourth-order valence-electron chi connectivity index (χ4n) is 6.25. The highest BCUT2D eigenvalue weighted by Gasteiger charge is 2.27. The molecular weight excluding hydrogens is 448 g/mol. The van der Waals surface area contributed by atoms with Crippen LogP contribution in [0, 0.1) is 0 Å². The molecule has 2 heterocycles. The maximum absolute atomic E-state index is 3.78. The minimum atomic E-state index is 0.150. The molecule has 2 nitrogen and oxygen atoms in total. The summed E-state index contributed by atoms with van der Waals surface area (Å²) in [5, 5.41) is 7.53. The van der Waals surface area contributed by atoms with E-state index in [2.05, 4.69) is 113 Å². The van der Waals surface area contributed by atoms with Crippen molar-refractivity contribution in [1.82, 2.24) is 0 Å². The highest BCUT2D eigenvalue weighted by atomic mass is 14.9. The van der Waals surface area contributed by atoms with Crippen LogP contribution >= 0.6 is 0 Å². The summed E-state index contributed by atoms with van der Waals surface area (Å²) < 4.78 is 0. The zero-order valence-corrected chi connectivity index (χ0v) is 22.9. The predicted molar refractivity (Wildman–Crippen MR) is 157 cm³/mol. The van der Waals surface area contributed by atoms with Crippen molar-refractivity contribution >= 4 is 22.7 Å². The first-order valence-corrected chi connectivity index (χ1v) is 13.7. The lowest BCUT2D eigenvalue weighted by atomic mass is 9.84. The molecule has 0 saturated carbocycles. The Kier molecular flexibility index (Phi) is 4.60. The first-order chi connectivity index (χ1) is 17.5. The molecule has 2 N–H and O–H groups in total. The van der Waals surface area contributed by atoms with Crippen LogP contribution in [-0.2, 0) is 30.1 Å². The minimum absolute atomic E-state index is 0.150. The van der Waals surface area contributed by atoms with Crippen LogP contribution in [0.25, 0.3) is 11.1 Å². The Morgan fingerprint density at radius 2 is 0.892 bits per heavy atom. The molecule has 0 unspecified atom stereocenters. The van der Waals surface area contributed by atoms with Crippen molar-refractivity contribution in [1.29, 1.82) is 0 Å². The van der Waals surface area contributed by atoms with Crippen molar-refractivity contribution in [3.8, 4) is 11.1 Å². The Morgan fingerprint density at radius 3 is 1.51 bits per heavy atom. The zero-order chi connectivity index (χ0) is 25.7. The number of hydrogen-bond donors (Lipinski definition) is 2. The monoisotopic (exact) mass is 484 g/mol. The normalized spacial score (nSPS) is 14.9. The number of benzene rings is 4. The second-order valence-electron chi connectivity index (χ2n) is 13.4. The molecule has 0 saturated heterocycles. The van der Waals surface area contributed by atoms with Crippen molar-refractivity contribution in [2.75, 3.05) is 10.6 Å². The summed E-state index contributed by atoms with van der Waals surface area (Å²) in [7, 11) is 0. The Balaban J connectivity index is 1.24. The van der Waals surface area contributed by atoms with Crippen LogP contribution in [0.4, 0.5) is 22.7 Å². The van der Waals surface area contributed by atoms with Crippen LogP contribution in [0.15, 0.2) is 60.7 Å². The van der Waals surface area contributed by atoms with E-state index in [4.69, 9.17) is 0 Å². The van der Waals surface area contributed by atoms with Gasteiger partial charge in [-0.2, -0.15) is 0 Å². The van der Waals surface area contributed by atoms with Crippen molar-refractivity contribution in [3.63, 3.8) is 0 Å². The smallest absolute Gasteiger partial charge is 0.0423 e. The molecule has 0 aromatic heterocycles. The van der Waals surface area contributed by atoms with Gasteiger partial charge in [-0.15, -0.1) is 0 Å². The topological polar surface area (TPSA) is 24.1 Å². The lowest BCUT2D eigenvalue weighted by Gasteiger charge is -2.27. The molecule has 2 aliphatic heterocycles. The van der Waals surface area contributed by atoms with E-state index in [0.29, 0.717) is 0 Å². The van der Waals surface area contributed by atoms with Gasteiger partial charge in [-0.25, -0.2) is 0 Å². The first kappa shape index (κ1) is 22.7. The first-order valence-electron chi connectivity index (χ1n) is 13.7. The third-order valence-corrected chi connectivity index (χ3v) is 8.58. The molecular formula is C35H36N2. The van der Waals surface area contributed by atoms with Crippen molar-refractivity contribution < 1.29 is 0 Å². The Hall–Kier alpha value is -3.52. The van der Waals surface area contributed by atoms with Gasteiger partial charge >= 0.3 is 0 Å². The van der Waals surface area contributed by atoms with E-state index >= 15 is 0 Å². The predicted octanol–water partition coefficient (Wildman–Crippen LogP) is 9.15. The van der Waals surface area contributed by atoms with Crippen LogP contribution in [0.2, 0.25) is 0 Å². The zero-order valence-electron chi connectivity index (χ0n) is 22.9. The highest BCUT2D eigenvalue weighted by Crippen LogP contribution is 2.46. The van der Waals surface area contributed by atoms with Gasteiger partial charge in [0.2, 0.25) is 0 Å². The molecule has 0 radical (unpaired) electrons. The number of nitrogens with one attached hydrogen (secondary N) is 2. The molecule has 0 spiro atoms. The van der Waals surface area contributed by atoms with Crippen LogP contribution in [0.3, 0.4) is 0 Å². The van der Waals surface area contributed by atoms with Crippen LogP contribution in [-0.4, -0.2) is 0 Å². The second-order valence-corrected chi connectivity index (χ2v) is 13.4. The standard InChI is InChI=1S/C35H36N2/c1-34(2,3)26-9-10-30-23(14-26)13-25-16-29-21(17-31(25)36-30)12-22-18-32-24(15-28(22)29)11-20-7-8-27(35(4,5)6)19-33(20)37-32/h7-10,14-19,36-37H,11-13H2,1-6H3. The van der Waals surface area contributed by atoms with Gasteiger partial charge in [0.05, 0.1) is 0 Å². The molecule has 2 heteroatoms. The number of rotatable bonds is 0. The Labute approximate surface area is 221 Å². The third-order valence-electron chi connectivity index (χ3n) is 8.58. The van der Waals surface area contributed by atoms with Crippen molar-refractivity contribution in [2.24, 2.45) is 0 Å². The summed E-state index contributed by atoms with van der Waals surface area (Å²) in [4.78, 5) is 0. The number of hydrogen-bond acceptors (Lipinski definition) is 2. The summed E-state index contributed by atoms with van der Waals surface area (Å²) in [6, 6.07) is 23.6. The summed E-state index contributed by atoms with van der Waals surface area (Å²) >= 11 is 0. The van der Waals surface area contributed by atoms with Gasteiger partial charge in [0.25, 0.3) is 0 Å². The fraction of sp³-hybridized carbons (Fsp3) is 0.314. The molecule has 4 aromatic rings. The van der Waals surface area contributed by atoms with Crippen LogP contribution < -0.4 is 10.6 Å². The second kappa shape index (κ2) is 7.51. The fourth-order valence-corrected chi connectivity index (χ4v) is 6.25. The minimum Gasteiger partial charge on any atom is -0.355 e. The summed E-state index contributed by atoms with van der Waals surface area (Å²) in [5.41, 5.74) is 19.5. The maximum Gasteiger partial charge on any atom is 0.0423 e. The van der Waals surface area contributed by atoms with E-state index in [0.717, 1.165) is 19.3 Å². The van der Waals surface area contributed by atoms with Crippen LogP contribution in [0.1, 0.15) is 86.1 Å². The van der Waals surface area contributed by atoms with E-state index in [1.54, 1.807) is 0 Å². The molecule has 3 aliphatic rings. The quantitative estimate of drug-likeness (QED) is 0.224. The van der Waals surface area contributed by atoms with E-state index in [9.17, 15) is 0 Å². The summed E-state index contributed by atoms with van der Waals surface area (Å²) in [5.74, 6) is 0. The number of fused-ring (bicyclic) bond motifs is 7. The van der Waals surface area contributed by atoms with Gasteiger partial charge in [-0.1, -0.05) is 65.8 Å². The average molecular weight is 485 g/mol. The van der Waals surface area contributed by atoms with Gasteiger partial charge in [-0.05, 0) is 109 Å². The van der Waals surface area contributed by atoms with Gasteiger partial charge in [-0.3, -0.25) is 0 Å². The van der Waals surface area contributed by atoms with Crippen molar-refractivity contribution in [2.45, 2.75) is 71.6 Å². The molecule has 0 amide bonds. The number of anilines is 4. The molecule has 0 fully saturated rings. The maximum atomic E-state index is 3.78. The molecule has 37 heavy (non-hydrogen) atoms. The Morgan fingerprint density at radius 1 is 0.432 bits per heavy atom. The lowest BCUT2D eigenvalue weighted by Crippen LogP contribution is -2.14. The average Bonchev–Trinajstić information content (AvgIpc) is 3.17. The van der Waals surface area contributed by atoms with Crippen molar-refractivity contribution in [3.05, 3.63) is 105 Å². The molecule has 0 atom stereocenters. The molecule has 4 aromatic carbocycles. The summed E-state index contributed by atoms with van der Waals surface area (Å²) in [6.45, 7) is 13.7.